The summed E-state index contributed by atoms with van der Waals surface area (Å²) < 4.78 is 2.10. The van der Waals surface area contributed by atoms with Crippen LogP contribution in [-0.4, -0.2) is 4.98 Å². The third-order valence-corrected chi connectivity index (χ3v) is 2.86. The van der Waals surface area contributed by atoms with Gasteiger partial charge >= 0.3 is 29.6 Å². The zero-order valence-electron chi connectivity index (χ0n) is 7.05. The maximum absolute atomic E-state index is 5.04. The van der Waals surface area contributed by atoms with E-state index in [1.807, 2.05) is 0 Å². The Labute approximate surface area is 102 Å². The van der Waals surface area contributed by atoms with Crippen LogP contribution in [0, 0.1) is 10.9 Å². The molecule has 0 saturated carbocycles. The Balaban J connectivity index is 0.000000720. The van der Waals surface area contributed by atoms with E-state index in [9.17, 15) is 0 Å². The maximum atomic E-state index is 5.04. The smallest absolute Gasteiger partial charge is 0.337 e. The van der Waals surface area contributed by atoms with Crippen LogP contribution in [-0.2, 0) is 0 Å². The van der Waals surface area contributed by atoms with Crippen molar-refractivity contribution in [2.24, 2.45) is 0 Å². The average Bonchev–Trinajstić information content (AvgIpc) is 2.31. The molecule has 12 heavy (non-hydrogen) atoms. The number of hydrogen-bond donors (Lipinski definition) is 1. The maximum Gasteiger partial charge on any atom is 1.00 e. The van der Waals surface area contributed by atoms with Crippen molar-refractivity contribution in [3.63, 3.8) is 0 Å². The first kappa shape index (κ1) is 10.4. The van der Waals surface area contributed by atoms with E-state index in [-0.39, 0.29) is 29.6 Å². The Morgan fingerprint density at radius 2 is 2.17 bits per heavy atom. The molecule has 0 bridgehead atoms. The molecule has 0 unspecified atom stereocenters. The molecule has 1 aromatic carbocycles. The molecule has 0 amide bonds. The fourth-order valence-electron chi connectivity index (χ4n) is 1.11. The van der Waals surface area contributed by atoms with Crippen molar-refractivity contribution in [1.29, 1.82) is 0 Å². The molecular weight excluding hydrogens is 197 g/mol. The fourth-order valence-corrected chi connectivity index (χ4v) is 2.30. The van der Waals surface area contributed by atoms with Crippen LogP contribution in [0.25, 0.3) is 10.2 Å². The number of hydrogen-bond acceptors (Lipinski definition) is 2. The Morgan fingerprint density at radius 1 is 1.42 bits per heavy atom. The Kier molecular flexibility index (Phi) is 3.49. The van der Waals surface area contributed by atoms with E-state index in [4.69, 9.17) is 12.2 Å². The van der Waals surface area contributed by atoms with Gasteiger partial charge in [-0.2, -0.15) is 0 Å². The zero-order chi connectivity index (χ0) is 7.84. The molecule has 0 fully saturated rings. The van der Waals surface area contributed by atoms with E-state index in [2.05, 4.69) is 30.1 Å². The first-order valence-electron chi connectivity index (χ1n) is 3.36. The topological polar surface area (TPSA) is 15.8 Å². The second kappa shape index (κ2) is 4.03. The number of aryl methyl sites for hydroxylation is 1. The molecule has 2 aromatic rings. The van der Waals surface area contributed by atoms with Crippen LogP contribution in [0.2, 0.25) is 0 Å². The van der Waals surface area contributed by atoms with E-state index in [0.29, 0.717) is 0 Å². The van der Waals surface area contributed by atoms with Crippen molar-refractivity contribution in [2.45, 2.75) is 6.92 Å². The number of para-hydroxylation sites is 1. The molecule has 1 N–H and O–H groups in total. The Morgan fingerprint density at radius 3 is 2.83 bits per heavy atom. The number of nitrogens with one attached hydrogen (secondary N) is 1. The van der Waals surface area contributed by atoms with Gasteiger partial charge in [-0.05, 0) is 30.8 Å². The predicted molar refractivity (Wildman–Crippen MR) is 51.7 cm³/mol. The molecule has 0 saturated heterocycles. The van der Waals surface area contributed by atoms with Gasteiger partial charge in [0.25, 0.3) is 0 Å². The van der Waals surface area contributed by atoms with Crippen LogP contribution >= 0.6 is 23.6 Å². The minimum atomic E-state index is 0. The first-order chi connectivity index (χ1) is 5.27. The summed E-state index contributed by atoms with van der Waals surface area (Å²) in [6, 6.07) is 6.22. The summed E-state index contributed by atoms with van der Waals surface area (Å²) in [4.78, 5) is 3.16. The minimum absolute atomic E-state index is 0. The van der Waals surface area contributed by atoms with Gasteiger partial charge in [0.1, 0.15) is 0 Å². The second-order valence-electron chi connectivity index (χ2n) is 2.46. The van der Waals surface area contributed by atoms with E-state index in [1.165, 1.54) is 15.8 Å². The van der Waals surface area contributed by atoms with Gasteiger partial charge in [-0.3, -0.25) is 0 Å². The number of benzene rings is 1. The van der Waals surface area contributed by atoms with Gasteiger partial charge in [-0.1, -0.05) is 12.1 Å². The van der Waals surface area contributed by atoms with Crippen molar-refractivity contribution >= 4 is 33.8 Å². The molecule has 1 heterocycles. The number of aromatic amines is 1. The summed E-state index contributed by atoms with van der Waals surface area (Å²) in [6.07, 6.45) is 0. The molecule has 56 valence electrons. The molecule has 4 heteroatoms. The zero-order valence-corrected chi connectivity index (χ0v) is 10.7. The van der Waals surface area contributed by atoms with E-state index < -0.39 is 0 Å². The SMILES string of the molecule is Cc1cccc2sc(=S)[nH]c12.[Na+]. The summed E-state index contributed by atoms with van der Waals surface area (Å²) in [5, 5.41) is 0. The number of aromatic nitrogens is 1. The third kappa shape index (κ3) is 1.80. The summed E-state index contributed by atoms with van der Waals surface area (Å²) in [5.74, 6) is 0. The molecule has 0 aliphatic carbocycles. The van der Waals surface area contributed by atoms with Crippen LogP contribution in [0.4, 0.5) is 0 Å². The van der Waals surface area contributed by atoms with Gasteiger partial charge in [0.15, 0.2) is 3.95 Å². The number of rotatable bonds is 0. The van der Waals surface area contributed by atoms with Gasteiger partial charge in [-0.25, -0.2) is 0 Å². The van der Waals surface area contributed by atoms with Crippen LogP contribution in [0.5, 0.6) is 0 Å². The molecule has 1 aromatic heterocycles. The van der Waals surface area contributed by atoms with Crippen LogP contribution < -0.4 is 29.6 Å². The molecule has 0 atom stereocenters. The molecule has 0 spiro atoms. The van der Waals surface area contributed by atoms with Crippen LogP contribution in [0.3, 0.4) is 0 Å². The van der Waals surface area contributed by atoms with Crippen LogP contribution in [0.15, 0.2) is 18.2 Å². The number of H-pyrrole nitrogens is 1. The van der Waals surface area contributed by atoms with Crippen molar-refractivity contribution in [2.75, 3.05) is 0 Å². The van der Waals surface area contributed by atoms with E-state index in [1.54, 1.807) is 11.3 Å². The van der Waals surface area contributed by atoms with Gasteiger partial charge in [0, 0.05) is 0 Å². The quantitative estimate of drug-likeness (QED) is 0.481. The molecular formula is C8H7NNaS2+. The second-order valence-corrected chi connectivity index (χ2v) is 4.18. The minimum Gasteiger partial charge on any atom is -0.337 e. The van der Waals surface area contributed by atoms with Gasteiger partial charge in [0.2, 0.25) is 0 Å². The molecule has 2 rings (SSSR count). The average molecular weight is 204 g/mol. The first-order valence-corrected chi connectivity index (χ1v) is 4.58. The van der Waals surface area contributed by atoms with Crippen molar-refractivity contribution in [3.8, 4) is 0 Å². The molecule has 0 radical (unpaired) electrons. The summed E-state index contributed by atoms with van der Waals surface area (Å²) >= 11 is 6.66. The fraction of sp³-hybridized carbons (Fsp3) is 0.125. The Bertz CT molecular complexity index is 443. The van der Waals surface area contributed by atoms with Crippen molar-refractivity contribution in [1.82, 2.24) is 4.98 Å². The monoisotopic (exact) mass is 204 g/mol. The summed E-state index contributed by atoms with van der Waals surface area (Å²) in [6.45, 7) is 2.08. The van der Waals surface area contributed by atoms with Crippen molar-refractivity contribution in [3.05, 3.63) is 27.7 Å². The predicted octanol–water partition coefficient (Wildman–Crippen LogP) is 0.271. The standard InChI is InChI=1S/C8H7NS2.Na/c1-5-3-2-4-6-7(5)9-8(10)11-6;/h2-4H,1H3,(H,9,10);/q;+1. The summed E-state index contributed by atoms with van der Waals surface area (Å²) in [5.41, 5.74) is 2.44. The number of thiazole rings is 1. The molecule has 0 aliphatic rings. The third-order valence-electron chi connectivity index (χ3n) is 1.66. The molecule has 0 aliphatic heterocycles. The molecule has 1 nitrogen and oxygen atoms in total. The Hall–Kier alpha value is 0.330. The van der Waals surface area contributed by atoms with Crippen LogP contribution in [0.1, 0.15) is 5.56 Å². The van der Waals surface area contributed by atoms with E-state index >= 15 is 0 Å². The largest absolute Gasteiger partial charge is 1.00 e. The van der Waals surface area contributed by atoms with Gasteiger partial charge < -0.3 is 4.98 Å². The van der Waals surface area contributed by atoms with E-state index in [0.717, 1.165) is 3.95 Å². The summed E-state index contributed by atoms with van der Waals surface area (Å²) in [7, 11) is 0. The normalized spacial score (nSPS) is 9.75. The number of fused-ring (bicyclic) bond motifs is 1. The van der Waals surface area contributed by atoms with Gasteiger partial charge in [-0.15, -0.1) is 11.3 Å². The van der Waals surface area contributed by atoms with Gasteiger partial charge in [0.05, 0.1) is 10.2 Å². The van der Waals surface area contributed by atoms with Crippen molar-refractivity contribution < 1.29 is 29.6 Å².